The molecule has 0 radical (unpaired) electrons. The molecule has 0 atom stereocenters. The lowest BCUT2D eigenvalue weighted by atomic mass is 9.81. The van der Waals surface area contributed by atoms with Crippen molar-refractivity contribution in [2.75, 3.05) is 0 Å². The molecule has 0 saturated heterocycles. The number of aryl methyl sites for hydroxylation is 4. The third-order valence-electron chi connectivity index (χ3n) is 17.4. The maximum atomic E-state index is 2.42. The van der Waals surface area contributed by atoms with E-state index in [2.05, 4.69) is 306 Å². The van der Waals surface area contributed by atoms with Crippen LogP contribution in [0.1, 0.15) is 69.5 Å². The summed E-state index contributed by atoms with van der Waals surface area (Å²) in [5.74, 6) is 0. The molecule has 12 aromatic carbocycles. The van der Waals surface area contributed by atoms with Crippen LogP contribution in [0.4, 0.5) is 0 Å². The molecule has 14 aromatic rings. The molecule has 0 unspecified atom stereocenters. The highest BCUT2D eigenvalue weighted by Gasteiger charge is 2.35. The van der Waals surface area contributed by atoms with Gasteiger partial charge in [0.05, 0.1) is 22.1 Å². The van der Waals surface area contributed by atoms with Crippen molar-refractivity contribution in [1.29, 1.82) is 0 Å². The second-order valence-corrected chi connectivity index (χ2v) is 23.3. The van der Waals surface area contributed by atoms with Gasteiger partial charge in [0.1, 0.15) is 0 Å². The van der Waals surface area contributed by atoms with Crippen LogP contribution in [-0.2, 0) is 5.41 Å². The molecular weight excluding hydrogens is 977 g/mol. The van der Waals surface area contributed by atoms with E-state index in [1.807, 2.05) is 0 Å². The van der Waals surface area contributed by atoms with Gasteiger partial charge in [-0.2, -0.15) is 0 Å². The van der Waals surface area contributed by atoms with Gasteiger partial charge in [0.15, 0.2) is 0 Å². The number of rotatable bonds is 8. The first-order chi connectivity index (χ1) is 39.5. The van der Waals surface area contributed by atoms with E-state index in [1.54, 1.807) is 0 Å². The molecule has 1 aliphatic carbocycles. The van der Waals surface area contributed by atoms with Gasteiger partial charge in [-0.25, -0.2) is 0 Å². The Balaban J connectivity index is 0.709. The zero-order valence-corrected chi connectivity index (χ0v) is 46.6. The van der Waals surface area contributed by atoms with E-state index in [0.29, 0.717) is 0 Å². The molecule has 0 bridgehead atoms. The van der Waals surface area contributed by atoms with E-state index in [9.17, 15) is 0 Å². The summed E-state index contributed by atoms with van der Waals surface area (Å²) in [6.45, 7) is 13.5. The topological polar surface area (TPSA) is 9.86 Å². The first-order valence-electron chi connectivity index (χ1n) is 28.5. The standard InChI is InChI=1S/C79H60N2/c1-49-39-50(2)42-59(41-49)80-75-21-13-11-19-69(75)71-47-57(31-37-77(71)80)63-35-29-55(61-15-7-9-17-65(61)63)27-23-53-25-33-67-68-34-26-54(46-74(68)79(5,6)73(67)45-53)24-28-56-30-36-64(66-18-10-8-16-62(56)66)58-32-38-78-72(48-58)70-20-12-14-22-76(70)81(78)60-43-51(3)40-52(4)44-60/h7-48H,1-6H3/b27-23+,28-24+. The maximum absolute atomic E-state index is 2.42. The minimum Gasteiger partial charge on any atom is -0.309 e. The lowest BCUT2D eigenvalue weighted by molar-refractivity contribution is 0.660. The minimum atomic E-state index is -0.167. The fourth-order valence-electron chi connectivity index (χ4n) is 13.8. The van der Waals surface area contributed by atoms with Crippen molar-refractivity contribution >= 4 is 89.5 Å². The van der Waals surface area contributed by atoms with Gasteiger partial charge in [0.2, 0.25) is 0 Å². The third kappa shape index (κ3) is 8.00. The molecule has 0 spiro atoms. The smallest absolute Gasteiger partial charge is 0.0541 e. The number of para-hydroxylation sites is 2. The van der Waals surface area contributed by atoms with E-state index in [1.165, 1.54) is 166 Å². The maximum Gasteiger partial charge on any atom is 0.0541 e. The molecule has 386 valence electrons. The van der Waals surface area contributed by atoms with Crippen molar-refractivity contribution in [3.63, 3.8) is 0 Å². The van der Waals surface area contributed by atoms with Crippen molar-refractivity contribution in [2.45, 2.75) is 47.0 Å². The molecule has 2 aromatic heterocycles. The Hall–Kier alpha value is -9.76. The zero-order chi connectivity index (χ0) is 54.7. The van der Waals surface area contributed by atoms with Gasteiger partial charge in [0, 0.05) is 38.3 Å². The van der Waals surface area contributed by atoms with Crippen LogP contribution in [0.2, 0.25) is 0 Å². The highest BCUT2D eigenvalue weighted by atomic mass is 15.0. The Labute approximate surface area is 473 Å². The normalized spacial score (nSPS) is 13.1. The molecule has 15 rings (SSSR count). The third-order valence-corrected chi connectivity index (χ3v) is 17.4. The molecule has 2 heterocycles. The molecule has 2 heteroatoms. The highest BCUT2D eigenvalue weighted by molar-refractivity contribution is 6.13. The summed E-state index contributed by atoms with van der Waals surface area (Å²) in [4.78, 5) is 0. The first-order valence-corrected chi connectivity index (χ1v) is 28.5. The molecule has 0 saturated carbocycles. The molecular formula is C79H60N2. The minimum absolute atomic E-state index is 0.167. The average Bonchev–Trinajstić information content (AvgIpc) is 3.40. The summed E-state index contributed by atoms with van der Waals surface area (Å²) in [5, 5.41) is 10.0. The monoisotopic (exact) mass is 1040 g/mol. The number of fused-ring (bicyclic) bond motifs is 11. The van der Waals surface area contributed by atoms with Crippen LogP contribution in [0.25, 0.3) is 134 Å². The Morgan fingerprint density at radius 1 is 0.284 bits per heavy atom. The van der Waals surface area contributed by atoms with E-state index < -0.39 is 0 Å². The van der Waals surface area contributed by atoms with Gasteiger partial charge in [-0.1, -0.05) is 208 Å². The fraction of sp³-hybridized carbons (Fsp3) is 0.0886. The van der Waals surface area contributed by atoms with Crippen molar-refractivity contribution in [2.24, 2.45) is 0 Å². The predicted octanol–water partition coefficient (Wildman–Crippen LogP) is 21.4. The van der Waals surface area contributed by atoms with Crippen LogP contribution in [-0.4, -0.2) is 9.13 Å². The Morgan fingerprint density at radius 2 is 0.642 bits per heavy atom. The predicted molar refractivity (Wildman–Crippen MR) is 348 cm³/mol. The first kappa shape index (κ1) is 48.4. The van der Waals surface area contributed by atoms with Gasteiger partial charge in [-0.3, -0.25) is 0 Å². The summed E-state index contributed by atoms with van der Waals surface area (Å²) in [5.41, 5.74) is 27.3. The largest absolute Gasteiger partial charge is 0.309 e. The SMILES string of the molecule is Cc1cc(C)cc(-n2c3ccccc3c3cc(-c4ccc(/C=C/c5ccc6c(c5)C(C)(C)c5cc(/C=C/c7ccc(-c8ccc9c(c8)c8ccccc8n9-c8cc(C)cc(C)c8)c8ccccc78)ccc5-6)c5ccccc45)ccc32)c1. The second kappa shape index (κ2) is 18.7. The highest BCUT2D eigenvalue weighted by Crippen LogP contribution is 2.50. The lowest BCUT2D eigenvalue weighted by Gasteiger charge is -2.22. The van der Waals surface area contributed by atoms with Crippen LogP contribution in [0.5, 0.6) is 0 Å². The van der Waals surface area contributed by atoms with E-state index >= 15 is 0 Å². The molecule has 1 aliphatic rings. The number of aromatic nitrogens is 2. The summed E-state index contributed by atoms with van der Waals surface area (Å²) in [6, 6.07) is 86.3. The fourth-order valence-corrected chi connectivity index (χ4v) is 13.8. The van der Waals surface area contributed by atoms with Gasteiger partial charge >= 0.3 is 0 Å². The van der Waals surface area contributed by atoms with Crippen molar-refractivity contribution in [1.82, 2.24) is 9.13 Å². The summed E-state index contributed by atoms with van der Waals surface area (Å²) in [7, 11) is 0. The molecule has 2 nitrogen and oxygen atoms in total. The lowest BCUT2D eigenvalue weighted by Crippen LogP contribution is -2.15. The number of benzene rings is 12. The van der Waals surface area contributed by atoms with E-state index in [0.717, 1.165) is 0 Å². The molecule has 0 aliphatic heterocycles. The van der Waals surface area contributed by atoms with Gasteiger partial charge < -0.3 is 9.13 Å². The number of hydrogen-bond donors (Lipinski definition) is 0. The average molecular weight is 1040 g/mol. The van der Waals surface area contributed by atoms with Crippen LogP contribution in [0, 0.1) is 27.7 Å². The number of hydrogen-bond acceptors (Lipinski definition) is 0. The zero-order valence-electron chi connectivity index (χ0n) is 46.6. The van der Waals surface area contributed by atoms with E-state index in [4.69, 9.17) is 0 Å². The Bertz CT molecular complexity index is 4650. The Morgan fingerprint density at radius 3 is 1.06 bits per heavy atom. The molecule has 0 N–H and O–H groups in total. The van der Waals surface area contributed by atoms with Gasteiger partial charge in [-0.05, 0) is 199 Å². The van der Waals surface area contributed by atoms with Gasteiger partial charge in [0.25, 0.3) is 0 Å². The van der Waals surface area contributed by atoms with Crippen LogP contribution >= 0.6 is 0 Å². The van der Waals surface area contributed by atoms with E-state index in [-0.39, 0.29) is 5.41 Å². The van der Waals surface area contributed by atoms with Crippen LogP contribution in [0.15, 0.2) is 231 Å². The molecule has 81 heavy (non-hydrogen) atoms. The summed E-state index contributed by atoms with van der Waals surface area (Å²) in [6.07, 6.45) is 9.19. The van der Waals surface area contributed by atoms with Crippen molar-refractivity contribution in [3.8, 4) is 44.8 Å². The number of nitrogens with zero attached hydrogens (tertiary/aromatic N) is 2. The van der Waals surface area contributed by atoms with Crippen molar-refractivity contribution in [3.05, 3.63) is 286 Å². The van der Waals surface area contributed by atoms with Gasteiger partial charge in [-0.15, -0.1) is 0 Å². The Kier molecular flexibility index (Phi) is 11.2. The summed E-state index contributed by atoms with van der Waals surface area (Å²) >= 11 is 0. The second-order valence-electron chi connectivity index (χ2n) is 23.3. The summed E-state index contributed by atoms with van der Waals surface area (Å²) < 4.78 is 4.85. The molecule has 0 amide bonds. The molecule has 0 fully saturated rings. The van der Waals surface area contributed by atoms with Crippen LogP contribution < -0.4 is 0 Å². The van der Waals surface area contributed by atoms with Crippen molar-refractivity contribution < 1.29 is 0 Å². The quantitative estimate of drug-likeness (QED) is 0.134. The van der Waals surface area contributed by atoms with Crippen LogP contribution in [0.3, 0.4) is 0 Å².